The van der Waals surface area contributed by atoms with Crippen molar-refractivity contribution in [1.82, 2.24) is 10.2 Å². The van der Waals surface area contributed by atoms with Crippen LogP contribution >= 0.6 is 24.0 Å². The van der Waals surface area contributed by atoms with Crippen LogP contribution in [0.1, 0.15) is 26.7 Å². The van der Waals surface area contributed by atoms with Gasteiger partial charge in [-0.3, -0.25) is 4.99 Å². The summed E-state index contributed by atoms with van der Waals surface area (Å²) in [6.45, 7) is 10.9. The van der Waals surface area contributed by atoms with Gasteiger partial charge in [-0.05, 0) is 44.5 Å². The molecule has 0 saturated carbocycles. The maximum Gasteiger partial charge on any atom is 0.195 e. The molecule has 0 amide bonds. The minimum atomic E-state index is 0. The molecule has 7 heteroatoms. The van der Waals surface area contributed by atoms with Crippen molar-refractivity contribution in [3.05, 3.63) is 24.3 Å². The normalized spacial score (nSPS) is 17.4. The van der Waals surface area contributed by atoms with E-state index < -0.39 is 0 Å². The molecule has 0 bridgehead atoms. The zero-order valence-corrected chi connectivity index (χ0v) is 19.2. The molecule has 1 heterocycles. The SMILES string of the molecule is CCNC(=NCC1CCN(CC)C1)Nc1cccc(OCCCOC)c1.I. The van der Waals surface area contributed by atoms with E-state index in [4.69, 9.17) is 14.5 Å². The van der Waals surface area contributed by atoms with Crippen LogP contribution in [0.5, 0.6) is 5.75 Å². The molecule has 1 aliphatic heterocycles. The quantitative estimate of drug-likeness (QED) is 0.228. The van der Waals surface area contributed by atoms with E-state index in [1.165, 1.54) is 13.0 Å². The van der Waals surface area contributed by atoms with Crippen molar-refractivity contribution >= 4 is 35.6 Å². The van der Waals surface area contributed by atoms with Gasteiger partial charge in [0.15, 0.2) is 5.96 Å². The topological polar surface area (TPSA) is 58.1 Å². The zero-order chi connectivity index (χ0) is 18.6. The number of hydrogen-bond acceptors (Lipinski definition) is 4. The second-order valence-electron chi connectivity index (χ2n) is 6.62. The van der Waals surface area contributed by atoms with Crippen molar-refractivity contribution in [3.8, 4) is 5.75 Å². The molecule has 1 aromatic carbocycles. The highest BCUT2D eigenvalue weighted by Crippen LogP contribution is 2.18. The molecule has 2 N–H and O–H groups in total. The number of rotatable bonds is 10. The molecule has 154 valence electrons. The molecule has 2 rings (SSSR count). The second kappa shape index (κ2) is 14.0. The zero-order valence-electron chi connectivity index (χ0n) is 16.9. The third kappa shape index (κ3) is 9.12. The predicted octanol–water partition coefficient (Wildman–Crippen LogP) is 3.44. The van der Waals surface area contributed by atoms with Gasteiger partial charge in [0.05, 0.1) is 6.61 Å². The summed E-state index contributed by atoms with van der Waals surface area (Å²) < 4.78 is 10.8. The van der Waals surface area contributed by atoms with Crippen LogP contribution in [0.4, 0.5) is 5.69 Å². The van der Waals surface area contributed by atoms with Gasteiger partial charge in [-0.2, -0.15) is 0 Å². The first-order chi connectivity index (χ1) is 12.7. The molecule has 1 unspecified atom stereocenters. The number of anilines is 1. The van der Waals surface area contributed by atoms with Crippen molar-refractivity contribution in [2.24, 2.45) is 10.9 Å². The standard InChI is InChI=1S/C20H34N4O2.HI/c1-4-21-20(22-15-17-10-11-24(5-2)16-17)23-18-8-6-9-19(14-18)26-13-7-12-25-3;/h6,8-9,14,17H,4-5,7,10-13,15-16H2,1-3H3,(H2,21,22,23);1H. The summed E-state index contributed by atoms with van der Waals surface area (Å²) in [4.78, 5) is 7.28. The minimum Gasteiger partial charge on any atom is -0.493 e. The van der Waals surface area contributed by atoms with Crippen LogP contribution in [0.25, 0.3) is 0 Å². The monoisotopic (exact) mass is 490 g/mol. The summed E-state index contributed by atoms with van der Waals surface area (Å²) in [7, 11) is 1.71. The van der Waals surface area contributed by atoms with Crippen LogP contribution in [0.3, 0.4) is 0 Å². The molecule has 27 heavy (non-hydrogen) atoms. The van der Waals surface area contributed by atoms with Gasteiger partial charge in [0, 0.05) is 51.5 Å². The third-order valence-corrected chi connectivity index (χ3v) is 4.53. The molecule has 0 spiro atoms. The predicted molar refractivity (Wildman–Crippen MR) is 124 cm³/mol. The first-order valence-electron chi connectivity index (χ1n) is 9.74. The Morgan fingerprint density at radius 3 is 2.85 bits per heavy atom. The highest BCUT2D eigenvalue weighted by molar-refractivity contribution is 14.0. The Hall–Kier alpha value is -1.06. The Balaban J connectivity index is 0.00000364. The fourth-order valence-electron chi connectivity index (χ4n) is 3.07. The lowest BCUT2D eigenvalue weighted by molar-refractivity contribution is 0.172. The van der Waals surface area contributed by atoms with Crippen LogP contribution in [0.2, 0.25) is 0 Å². The third-order valence-electron chi connectivity index (χ3n) is 4.53. The van der Waals surface area contributed by atoms with Crippen LogP contribution in [-0.4, -0.2) is 63.9 Å². The van der Waals surface area contributed by atoms with Crippen LogP contribution in [0, 0.1) is 5.92 Å². The average molecular weight is 490 g/mol. The second-order valence-corrected chi connectivity index (χ2v) is 6.62. The molecular formula is C20H35IN4O2. The van der Waals surface area contributed by atoms with Crippen molar-refractivity contribution in [1.29, 1.82) is 0 Å². The molecule has 1 saturated heterocycles. The van der Waals surface area contributed by atoms with Gasteiger partial charge in [-0.15, -0.1) is 24.0 Å². The Bertz CT molecular complexity index is 557. The summed E-state index contributed by atoms with van der Waals surface area (Å²) in [5, 5.41) is 6.72. The first-order valence-corrected chi connectivity index (χ1v) is 9.74. The van der Waals surface area contributed by atoms with E-state index in [2.05, 4.69) is 29.4 Å². The highest BCUT2D eigenvalue weighted by Gasteiger charge is 2.20. The van der Waals surface area contributed by atoms with Crippen molar-refractivity contribution in [2.45, 2.75) is 26.7 Å². The lowest BCUT2D eigenvalue weighted by atomic mass is 10.1. The Kier molecular flexibility index (Phi) is 12.4. The summed E-state index contributed by atoms with van der Waals surface area (Å²) in [5.41, 5.74) is 0.982. The lowest BCUT2D eigenvalue weighted by Crippen LogP contribution is -2.31. The maximum atomic E-state index is 5.77. The van der Waals surface area contributed by atoms with Gasteiger partial charge in [-0.1, -0.05) is 13.0 Å². The van der Waals surface area contributed by atoms with E-state index >= 15 is 0 Å². The van der Waals surface area contributed by atoms with E-state index in [1.54, 1.807) is 7.11 Å². The summed E-state index contributed by atoms with van der Waals surface area (Å²) in [6.07, 6.45) is 2.12. The number of halogens is 1. The number of ether oxygens (including phenoxy) is 2. The molecular weight excluding hydrogens is 455 g/mol. The number of nitrogens with zero attached hydrogens (tertiary/aromatic N) is 2. The van der Waals surface area contributed by atoms with E-state index in [0.29, 0.717) is 19.1 Å². The average Bonchev–Trinajstić information content (AvgIpc) is 3.12. The number of nitrogens with one attached hydrogen (secondary N) is 2. The van der Waals surface area contributed by atoms with Gasteiger partial charge in [0.2, 0.25) is 0 Å². The number of aliphatic imine (C=N–C) groups is 1. The Morgan fingerprint density at radius 1 is 1.30 bits per heavy atom. The first kappa shape index (κ1) is 24.0. The Labute approximate surface area is 181 Å². The van der Waals surface area contributed by atoms with Gasteiger partial charge < -0.3 is 25.0 Å². The smallest absolute Gasteiger partial charge is 0.195 e. The summed E-state index contributed by atoms with van der Waals surface area (Å²) in [5.74, 6) is 2.34. The number of likely N-dealkylation sites (tertiary alicyclic amines) is 1. The van der Waals surface area contributed by atoms with Crippen molar-refractivity contribution in [2.75, 3.05) is 58.4 Å². The lowest BCUT2D eigenvalue weighted by Gasteiger charge is -2.15. The van der Waals surface area contributed by atoms with Crippen LogP contribution < -0.4 is 15.4 Å². The molecule has 1 aromatic rings. The van der Waals surface area contributed by atoms with E-state index in [1.807, 2.05) is 24.3 Å². The van der Waals surface area contributed by atoms with Crippen LogP contribution in [0.15, 0.2) is 29.3 Å². The van der Waals surface area contributed by atoms with Gasteiger partial charge >= 0.3 is 0 Å². The molecule has 0 aliphatic carbocycles. The highest BCUT2D eigenvalue weighted by atomic mass is 127. The number of guanidine groups is 1. The molecule has 1 fully saturated rings. The summed E-state index contributed by atoms with van der Waals surface area (Å²) >= 11 is 0. The molecule has 0 radical (unpaired) electrons. The van der Waals surface area contributed by atoms with Crippen LogP contribution in [-0.2, 0) is 4.74 Å². The van der Waals surface area contributed by atoms with E-state index in [-0.39, 0.29) is 24.0 Å². The maximum absolute atomic E-state index is 5.77. The minimum absolute atomic E-state index is 0. The van der Waals surface area contributed by atoms with Crippen molar-refractivity contribution < 1.29 is 9.47 Å². The number of hydrogen-bond donors (Lipinski definition) is 2. The summed E-state index contributed by atoms with van der Waals surface area (Å²) in [6, 6.07) is 8.00. The Morgan fingerprint density at radius 2 is 2.15 bits per heavy atom. The fraction of sp³-hybridized carbons (Fsp3) is 0.650. The largest absolute Gasteiger partial charge is 0.493 e. The molecule has 6 nitrogen and oxygen atoms in total. The van der Waals surface area contributed by atoms with Gasteiger partial charge in [-0.25, -0.2) is 0 Å². The number of benzene rings is 1. The molecule has 0 aromatic heterocycles. The van der Waals surface area contributed by atoms with Crippen molar-refractivity contribution in [3.63, 3.8) is 0 Å². The van der Waals surface area contributed by atoms with Gasteiger partial charge in [0.25, 0.3) is 0 Å². The fourth-order valence-corrected chi connectivity index (χ4v) is 3.07. The number of methoxy groups -OCH3 is 1. The molecule has 1 aliphatic rings. The van der Waals surface area contributed by atoms with E-state index in [9.17, 15) is 0 Å². The molecule has 1 atom stereocenters. The van der Waals surface area contributed by atoms with E-state index in [0.717, 1.165) is 50.0 Å². The van der Waals surface area contributed by atoms with Gasteiger partial charge in [0.1, 0.15) is 5.75 Å².